The van der Waals surface area contributed by atoms with Crippen LogP contribution in [0.2, 0.25) is 0 Å². The normalized spacial score (nSPS) is 12.5. The lowest BCUT2D eigenvalue weighted by Gasteiger charge is -2.21. The highest BCUT2D eigenvalue weighted by molar-refractivity contribution is 5.66. The zero-order valence-corrected chi connectivity index (χ0v) is 14.1. The quantitative estimate of drug-likeness (QED) is 0.689. The molecule has 2 aromatic carbocycles. The van der Waals surface area contributed by atoms with E-state index in [1.165, 1.54) is 0 Å². The molecule has 0 aliphatic heterocycles. The summed E-state index contributed by atoms with van der Waals surface area (Å²) in [7, 11) is 0. The van der Waals surface area contributed by atoms with Crippen LogP contribution in [0, 0.1) is 30.0 Å². The first-order chi connectivity index (χ1) is 11.6. The van der Waals surface area contributed by atoms with Crippen LogP contribution in [0.4, 0.5) is 0 Å². The van der Waals surface area contributed by atoms with E-state index < -0.39 is 0 Å². The molecule has 0 saturated carbocycles. The van der Waals surface area contributed by atoms with Gasteiger partial charge in [-0.1, -0.05) is 37.3 Å². The number of nitrogens with zero attached hydrogens (tertiary/aromatic N) is 2. The number of hydrogen-bond acceptors (Lipinski definition) is 4. The molecule has 0 aliphatic rings. The van der Waals surface area contributed by atoms with Crippen molar-refractivity contribution >= 4 is 0 Å². The predicted molar refractivity (Wildman–Crippen MR) is 91.5 cm³/mol. The summed E-state index contributed by atoms with van der Waals surface area (Å²) in [6.07, 6.45) is 3.55. The molecule has 0 aromatic heterocycles. The third-order valence-corrected chi connectivity index (χ3v) is 4.18. The largest absolute Gasteiger partial charge is 0.420 e. The Hall–Kier alpha value is -2.98. The van der Waals surface area contributed by atoms with Crippen LogP contribution in [0.15, 0.2) is 42.5 Å². The van der Waals surface area contributed by atoms with Crippen LogP contribution in [-0.2, 0) is 9.47 Å². The third-order valence-electron chi connectivity index (χ3n) is 4.18. The Labute approximate surface area is 142 Å². The van der Waals surface area contributed by atoms with Gasteiger partial charge in [-0.05, 0) is 60.2 Å². The summed E-state index contributed by atoms with van der Waals surface area (Å²) >= 11 is 0. The number of hydrogen-bond donors (Lipinski definition) is 0. The Morgan fingerprint density at radius 3 is 2.17 bits per heavy atom. The van der Waals surface area contributed by atoms with Gasteiger partial charge in [-0.2, -0.15) is 10.5 Å². The maximum atomic E-state index is 8.93. The van der Waals surface area contributed by atoms with Gasteiger partial charge in [0.25, 0.3) is 12.5 Å². The second kappa shape index (κ2) is 8.04. The van der Waals surface area contributed by atoms with Crippen molar-refractivity contribution in [3.63, 3.8) is 0 Å². The second-order valence-corrected chi connectivity index (χ2v) is 5.60. The molecule has 4 nitrogen and oxygen atoms in total. The van der Waals surface area contributed by atoms with Gasteiger partial charge in [0.2, 0.25) is 0 Å². The molecule has 0 amide bonds. The lowest BCUT2D eigenvalue weighted by atomic mass is 9.90. The lowest BCUT2D eigenvalue weighted by Crippen LogP contribution is -2.07. The first kappa shape index (κ1) is 17.4. The molecule has 2 rings (SSSR count). The van der Waals surface area contributed by atoms with E-state index in [0.29, 0.717) is 6.42 Å². The van der Waals surface area contributed by atoms with Crippen LogP contribution < -0.4 is 0 Å². The fourth-order valence-electron chi connectivity index (χ4n) is 2.89. The van der Waals surface area contributed by atoms with Gasteiger partial charge in [-0.3, -0.25) is 0 Å². The summed E-state index contributed by atoms with van der Waals surface area (Å²) < 4.78 is 10.4. The Morgan fingerprint density at radius 2 is 1.58 bits per heavy atom. The van der Waals surface area contributed by atoms with Crippen molar-refractivity contribution in [2.75, 3.05) is 0 Å². The van der Waals surface area contributed by atoms with Gasteiger partial charge in [-0.15, -0.1) is 0 Å². The fraction of sp³-hybridized carbons (Fsp3) is 0.300. The molecule has 122 valence electrons. The number of nitriles is 2. The van der Waals surface area contributed by atoms with Crippen molar-refractivity contribution in [1.29, 1.82) is 10.5 Å². The van der Waals surface area contributed by atoms with Crippen LogP contribution in [0.5, 0.6) is 0 Å². The topological polar surface area (TPSA) is 66.0 Å². The van der Waals surface area contributed by atoms with E-state index in [-0.39, 0.29) is 12.2 Å². The minimum Gasteiger partial charge on any atom is -0.420 e. The van der Waals surface area contributed by atoms with E-state index in [1.807, 2.05) is 57.2 Å². The van der Waals surface area contributed by atoms with E-state index >= 15 is 0 Å². The first-order valence-corrected chi connectivity index (χ1v) is 7.91. The molecule has 0 fully saturated rings. The van der Waals surface area contributed by atoms with Gasteiger partial charge in [0.05, 0.1) is 0 Å². The van der Waals surface area contributed by atoms with E-state index in [2.05, 4.69) is 6.07 Å². The summed E-state index contributed by atoms with van der Waals surface area (Å²) in [5.74, 6) is 0. The summed E-state index contributed by atoms with van der Waals surface area (Å²) in [4.78, 5) is 0. The van der Waals surface area contributed by atoms with Gasteiger partial charge in [0.1, 0.15) is 12.2 Å². The highest BCUT2D eigenvalue weighted by Crippen LogP contribution is 2.35. The Bertz CT molecular complexity index is 773. The van der Waals surface area contributed by atoms with Crippen molar-refractivity contribution in [2.24, 2.45) is 0 Å². The second-order valence-electron chi connectivity index (χ2n) is 5.60. The number of benzene rings is 2. The molecule has 0 radical (unpaired) electrons. The van der Waals surface area contributed by atoms with Crippen LogP contribution in [0.1, 0.15) is 49.2 Å². The van der Waals surface area contributed by atoms with Crippen LogP contribution in [0.25, 0.3) is 11.1 Å². The number of ether oxygens (including phenoxy) is 2. The first-order valence-electron chi connectivity index (χ1n) is 7.91. The van der Waals surface area contributed by atoms with Crippen LogP contribution in [-0.4, -0.2) is 0 Å². The van der Waals surface area contributed by atoms with Gasteiger partial charge < -0.3 is 9.47 Å². The van der Waals surface area contributed by atoms with Gasteiger partial charge in [-0.25, -0.2) is 0 Å². The molecular weight excluding hydrogens is 300 g/mol. The Morgan fingerprint density at radius 1 is 0.958 bits per heavy atom. The molecule has 4 heteroatoms. The summed E-state index contributed by atoms with van der Waals surface area (Å²) in [6.45, 7) is 5.79. The van der Waals surface area contributed by atoms with E-state index in [9.17, 15) is 0 Å². The SMILES string of the molecule is CCC(OC#N)c1cc(-c2ccccc2)cc(C(C)OC#N)c1C. The monoisotopic (exact) mass is 320 g/mol. The highest BCUT2D eigenvalue weighted by Gasteiger charge is 2.20. The maximum Gasteiger partial charge on any atom is 0.286 e. The molecule has 2 aromatic rings. The molecule has 2 atom stereocenters. The predicted octanol–water partition coefficient (Wildman–Crippen LogP) is 5.17. The van der Waals surface area contributed by atoms with E-state index in [0.717, 1.165) is 27.8 Å². The van der Waals surface area contributed by atoms with Crippen LogP contribution in [0.3, 0.4) is 0 Å². The van der Waals surface area contributed by atoms with E-state index in [4.69, 9.17) is 20.0 Å². The minimum atomic E-state index is -0.364. The van der Waals surface area contributed by atoms with Crippen molar-refractivity contribution in [3.05, 3.63) is 59.2 Å². The molecule has 2 unspecified atom stereocenters. The molecule has 24 heavy (non-hydrogen) atoms. The average molecular weight is 320 g/mol. The zero-order valence-electron chi connectivity index (χ0n) is 14.1. The molecule has 0 aliphatic carbocycles. The Kier molecular flexibility index (Phi) is 5.82. The van der Waals surface area contributed by atoms with Crippen molar-refractivity contribution < 1.29 is 9.47 Å². The summed E-state index contributed by atoms with van der Waals surface area (Å²) in [6, 6.07) is 14.1. The highest BCUT2D eigenvalue weighted by atomic mass is 16.5. The minimum absolute atomic E-state index is 0.313. The molecule has 0 bridgehead atoms. The molecule has 0 N–H and O–H groups in total. The number of rotatable bonds is 6. The van der Waals surface area contributed by atoms with Gasteiger partial charge in [0.15, 0.2) is 0 Å². The zero-order chi connectivity index (χ0) is 17.5. The third kappa shape index (κ3) is 3.67. The Balaban J connectivity index is 2.63. The lowest BCUT2D eigenvalue weighted by molar-refractivity contribution is 0.157. The van der Waals surface area contributed by atoms with Crippen molar-refractivity contribution in [1.82, 2.24) is 0 Å². The standard InChI is InChI=1S/C20H20N2O2/c1-4-20(24-13-22)19-11-17(16-8-6-5-7-9-16)10-18(14(19)2)15(3)23-12-21/h5-11,15,20H,4H2,1-3H3. The summed E-state index contributed by atoms with van der Waals surface area (Å²) in [5, 5.41) is 17.8. The van der Waals surface area contributed by atoms with Gasteiger partial charge in [0, 0.05) is 0 Å². The van der Waals surface area contributed by atoms with Crippen molar-refractivity contribution in [2.45, 2.75) is 39.4 Å². The maximum absolute atomic E-state index is 8.93. The smallest absolute Gasteiger partial charge is 0.286 e. The average Bonchev–Trinajstić information content (AvgIpc) is 2.61. The summed E-state index contributed by atoms with van der Waals surface area (Å²) in [5.41, 5.74) is 4.94. The molecule has 0 spiro atoms. The van der Waals surface area contributed by atoms with Crippen LogP contribution >= 0.6 is 0 Å². The van der Waals surface area contributed by atoms with E-state index in [1.54, 1.807) is 12.5 Å². The van der Waals surface area contributed by atoms with Gasteiger partial charge >= 0.3 is 0 Å². The van der Waals surface area contributed by atoms with Crippen molar-refractivity contribution in [3.8, 4) is 23.6 Å². The molecular formula is C20H20N2O2. The molecule has 0 heterocycles. The molecule has 0 saturated heterocycles. The fourth-order valence-corrected chi connectivity index (χ4v) is 2.89.